The molecular weight excluding hydrogens is 216 g/mol. The number of carbonyl (C=O) groups excluding carboxylic acids is 1. The van der Waals surface area contributed by atoms with Crippen LogP contribution in [0.2, 0.25) is 0 Å². The number of amides is 2. The van der Waals surface area contributed by atoms with E-state index in [0.29, 0.717) is 12.6 Å². The van der Waals surface area contributed by atoms with E-state index in [9.17, 15) is 4.79 Å². The van der Waals surface area contributed by atoms with Crippen molar-refractivity contribution in [3.8, 4) is 6.07 Å². The van der Waals surface area contributed by atoms with Crippen LogP contribution in [0.3, 0.4) is 0 Å². The fourth-order valence-corrected chi connectivity index (χ4v) is 2.30. The van der Waals surface area contributed by atoms with E-state index < -0.39 is 0 Å². The Kier molecular flexibility index (Phi) is 4.21. The fraction of sp³-hybridized carbons (Fsp3) is 0.833. The van der Waals surface area contributed by atoms with E-state index in [0.717, 1.165) is 38.8 Å². The average Bonchev–Trinajstić information content (AvgIpc) is 2.27. The second-order valence-corrected chi connectivity index (χ2v) is 4.95. The van der Waals surface area contributed by atoms with Gasteiger partial charge in [0, 0.05) is 25.2 Å². The third kappa shape index (κ3) is 3.60. The van der Waals surface area contributed by atoms with Crippen molar-refractivity contribution >= 4 is 6.03 Å². The van der Waals surface area contributed by atoms with Gasteiger partial charge in [-0.25, -0.2) is 4.79 Å². The Labute approximate surface area is 102 Å². The first-order valence-electron chi connectivity index (χ1n) is 6.44. The average molecular weight is 236 g/mol. The molecule has 2 rings (SSSR count). The Bertz CT molecular complexity index is 300. The Balaban J connectivity index is 1.63. The molecule has 1 aliphatic heterocycles. The number of carbonyl (C=O) groups is 1. The van der Waals surface area contributed by atoms with Gasteiger partial charge < -0.3 is 10.6 Å². The van der Waals surface area contributed by atoms with Gasteiger partial charge in [-0.05, 0) is 32.1 Å². The zero-order chi connectivity index (χ0) is 12.1. The number of piperidine rings is 1. The zero-order valence-electron chi connectivity index (χ0n) is 10.1. The molecule has 2 fully saturated rings. The Hall–Kier alpha value is -1.28. The van der Waals surface area contributed by atoms with Gasteiger partial charge in [-0.2, -0.15) is 5.26 Å². The zero-order valence-corrected chi connectivity index (χ0v) is 10.1. The number of hydrogen-bond acceptors (Lipinski definition) is 3. The van der Waals surface area contributed by atoms with E-state index >= 15 is 0 Å². The summed E-state index contributed by atoms with van der Waals surface area (Å²) in [5.74, 6) is 0. The molecule has 2 amide bonds. The Morgan fingerprint density at radius 3 is 2.24 bits per heavy atom. The van der Waals surface area contributed by atoms with Gasteiger partial charge in [0.1, 0.15) is 0 Å². The molecule has 0 radical (unpaired) electrons. The normalized spacial score (nSPS) is 22.5. The van der Waals surface area contributed by atoms with Crippen LogP contribution in [-0.2, 0) is 0 Å². The third-order valence-corrected chi connectivity index (χ3v) is 3.66. The van der Waals surface area contributed by atoms with E-state index in [1.807, 2.05) is 0 Å². The molecule has 0 aromatic carbocycles. The van der Waals surface area contributed by atoms with E-state index in [1.54, 1.807) is 0 Å². The highest BCUT2D eigenvalue weighted by molar-refractivity contribution is 5.74. The number of nitrogens with one attached hydrogen (secondary N) is 2. The molecule has 2 aliphatic rings. The molecule has 17 heavy (non-hydrogen) atoms. The van der Waals surface area contributed by atoms with Crippen molar-refractivity contribution in [1.82, 2.24) is 15.5 Å². The van der Waals surface area contributed by atoms with Crippen LogP contribution in [0.4, 0.5) is 4.79 Å². The maximum absolute atomic E-state index is 11.6. The molecule has 94 valence electrons. The number of hydrogen-bond donors (Lipinski definition) is 2. The summed E-state index contributed by atoms with van der Waals surface area (Å²) in [6, 6.07) is 2.81. The summed E-state index contributed by atoms with van der Waals surface area (Å²) in [5, 5.41) is 14.6. The molecule has 0 aromatic heterocycles. The number of likely N-dealkylation sites (tertiary alicyclic amines) is 1. The highest BCUT2D eigenvalue weighted by Gasteiger charge is 2.23. The Morgan fingerprint density at radius 2 is 1.76 bits per heavy atom. The van der Waals surface area contributed by atoms with E-state index in [4.69, 9.17) is 5.26 Å². The van der Waals surface area contributed by atoms with Crippen LogP contribution in [0.15, 0.2) is 0 Å². The van der Waals surface area contributed by atoms with Crippen molar-refractivity contribution in [3.05, 3.63) is 0 Å². The number of nitriles is 1. The van der Waals surface area contributed by atoms with Crippen LogP contribution in [-0.4, -0.2) is 42.6 Å². The molecule has 0 aromatic rings. The van der Waals surface area contributed by atoms with Gasteiger partial charge in [0.2, 0.25) is 0 Å². The van der Waals surface area contributed by atoms with Crippen LogP contribution in [0.25, 0.3) is 0 Å². The van der Waals surface area contributed by atoms with E-state index in [-0.39, 0.29) is 12.1 Å². The number of urea groups is 1. The maximum Gasteiger partial charge on any atom is 0.315 e. The standard InChI is InChI=1S/C12H20N4O/c13-6-9-16-7-4-11(5-8-16)15-12(17)14-10-2-1-3-10/h10-11H,1-5,7-9H2,(H2,14,15,17). The summed E-state index contributed by atoms with van der Waals surface area (Å²) in [6.07, 6.45) is 5.36. The van der Waals surface area contributed by atoms with Crippen LogP contribution in [0.1, 0.15) is 32.1 Å². The van der Waals surface area contributed by atoms with Gasteiger partial charge in [0.25, 0.3) is 0 Å². The summed E-state index contributed by atoms with van der Waals surface area (Å²) >= 11 is 0. The second-order valence-electron chi connectivity index (χ2n) is 4.95. The van der Waals surface area contributed by atoms with Crippen LogP contribution in [0, 0.1) is 11.3 Å². The van der Waals surface area contributed by atoms with Crippen molar-refractivity contribution in [2.75, 3.05) is 19.6 Å². The molecule has 5 heteroatoms. The molecule has 1 aliphatic carbocycles. The molecule has 1 saturated carbocycles. The lowest BCUT2D eigenvalue weighted by molar-refractivity contribution is 0.199. The second kappa shape index (κ2) is 5.87. The van der Waals surface area contributed by atoms with Crippen LogP contribution >= 0.6 is 0 Å². The first kappa shape index (κ1) is 12.2. The summed E-state index contributed by atoms with van der Waals surface area (Å²) in [7, 11) is 0. The quantitative estimate of drug-likeness (QED) is 0.713. The molecule has 0 bridgehead atoms. The largest absolute Gasteiger partial charge is 0.335 e. The van der Waals surface area contributed by atoms with Crippen molar-refractivity contribution in [2.45, 2.75) is 44.2 Å². The van der Waals surface area contributed by atoms with Crippen molar-refractivity contribution in [1.29, 1.82) is 5.26 Å². The molecular formula is C12H20N4O. The first-order valence-corrected chi connectivity index (χ1v) is 6.44. The lowest BCUT2D eigenvalue weighted by Crippen LogP contribution is -2.51. The Morgan fingerprint density at radius 1 is 1.18 bits per heavy atom. The van der Waals surface area contributed by atoms with Gasteiger partial charge in [-0.3, -0.25) is 4.90 Å². The molecule has 1 heterocycles. The van der Waals surface area contributed by atoms with E-state index in [1.165, 1.54) is 6.42 Å². The van der Waals surface area contributed by atoms with Crippen LogP contribution < -0.4 is 10.6 Å². The molecule has 5 nitrogen and oxygen atoms in total. The van der Waals surface area contributed by atoms with Gasteiger partial charge in [-0.1, -0.05) is 0 Å². The van der Waals surface area contributed by atoms with Gasteiger partial charge in [0.05, 0.1) is 12.6 Å². The minimum Gasteiger partial charge on any atom is -0.335 e. The lowest BCUT2D eigenvalue weighted by Gasteiger charge is -2.32. The van der Waals surface area contributed by atoms with Crippen molar-refractivity contribution in [2.24, 2.45) is 0 Å². The lowest BCUT2D eigenvalue weighted by atomic mass is 9.93. The highest BCUT2D eigenvalue weighted by Crippen LogP contribution is 2.18. The summed E-state index contributed by atoms with van der Waals surface area (Å²) in [5.41, 5.74) is 0. The topological polar surface area (TPSA) is 68.2 Å². The first-order chi connectivity index (χ1) is 8.28. The van der Waals surface area contributed by atoms with Gasteiger partial charge in [0.15, 0.2) is 0 Å². The molecule has 0 spiro atoms. The number of nitrogens with zero attached hydrogens (tertiary/aromatic N) is 2. The fourth-order valence-electron chi connectivity index (χ4n) is 2.30. The van der Waals surface area contributed by atoms with Crippen LogP contribution in [0.5, 0.6) is 0 Å². The minimum absolute atomic E-state index is 0.0200. The summed E-state index contributed by atoms with van der Waals surface area (Å²) < 4.78 is 0. The highest BCUT2D eigenvalue weighted by atomic mass is 16.2. The molecule has 0 unspecified atom stereocenters. The van der Waals surface area contributed by atoms with Gasteiger partial charge >= 0.3 is 6.03 Å². The third-order valence-electron chi connectivity index (χ3n) is 3.66. The predicted octanol–water partition coefficient (Wildman–Crippen LogP) is 0.826. The molecule has 2 N–H and O–H groups in total. The monoisotopic (exact) mass is 236 g/mol. The molecule has 0 atom stereocenters. The number of rotatable bonds is 3. The van der Waals surface area contributed by atoms with Crippen molar-refractivity contribution < 1.29 is 4.79 Å². The smallest absolute Gasteiger partial charge is 0.315 e. The van der Waals surface area contributed by atoms with Gasteiger partial charge in [-0.15, -0.1) is 0 Å². The SMILES string of the molecule is N#CCN1CCC(NC(=O)NC2CCC2)CC1. The molecule has 1 saturated heterocycles. The predicted molar refractivity (Wildman–Crippen MR) is 64.4 cm³/mol. The maximum atomic E-state index is 11.6. The van der Waals surface area contributed by atoms with Crippen molar-refractivity contribution in [3.63, 3.8) is 0 Å². The summed E-state index contributed by atoms with van der Waals surface area (Å²) in [4.78, 5) is 13.8. The van der Waals surface area contributed by atoms with E-state index in [2.05, 4.69) is 21.6 Å². The summed E-state index contributed by atoms with van der Waals surface area (Å²) in [6.45, 7) is 2.31. The minimum atomic E-state index is -0.0200.